The van der Waals surface area contributed by atoms with Crippen molar-refractivity contribution in [2.24, 2.45) is 9.98 Å². The van der Waals surface area contributed by atoms with Gasteiger partial charge in [-0.2, -0.15) is 9.78 Å². The van der Waals surface area contributed by atoms with Crippen LogP contribution in [0.1, 0.15) is 36.2 Å². The number of fused-ring (bicyclic) bond motifs is 1. The third kappa shape index (κ3) is 3.65. The van der Waals surface area contributed by atoms with Gasteiger partial charge in [-0.3, -0.25) is 0 Å². The third-order valence-corrected chi connectivity index (χ3v) is 6.37. The van der Waals surface area contributed by atoms with Crippen molar-refractivity contribution in [2.75, 3.05) is 18.0 Å². The van der Waals surface area contributed by atoms with Gasteiger partial charge in [-0.1, -0.05) is 24.3 Å². The molecular weight excluding hydrogens is 422 g/mol. The number of aliphatic imine (C=N–C) groups is 2. The first kappa shape index (κ1) is 21.9. The molecule has 0 saturated carbocycles. The molecule has 1 aliphatic rings. The van der Waals surface area contributed by atoms with Crippen LogP contribution in [0.5, 0.6) is 0 Å². The predicted molar refractivity (Wildman–Crippen MR) is 139 cm³/mol. The van der Waals surface area contributed by atoms with E-state index in [1.54, 1.807) is 6.26 Å². The third-order valence-electron chi connectivity index (χ3n) is 6.37. The van der Waals surface area contributed by atoms with Gasteiger partial charge in [-0.15, -0.1) is 0 Å². The van der Waals surface area contributed by atoms with Gasteiger partial charge >= 0.3 is 0 Å². The Labute approximate surface area is 200 Å². The lowest BCUT2D eigenvalue weighted by Crippen LogP contribution is -2.22. The van der Waals surface area contributed by atoms with Gasteiger partial charge in [0, 0.05) is 24.3 Å². The second kappa shape index (κ2) is 8.78. The van der Waals surface area contributed by atoms with Crippen molar-refractivity contribution in [3.05, 3.63) is 83.2 Å². The molecule has 4 aromatic rings. The molecule has 2 aromatic carbocycles. The fraction of sp³-hybridized carbons (Fsp3) is 0.250. The summed E-state index contributed by atoms with van der Waals surface area (Å²) in [6.07, 6.45) is 1.68. The maximum Gasteiger partial charge on any atom is 0.183 e. The topological polar surface area (TPSA) is 58.9 Å². The Hall–Kier alpha value is -3.93. The molecule has 0 N–H and O–H groups in total. The largest absolute Gasteiger partial charge is 0.464 e. The van der Waals surface area contributed by atoms with Crippen LogP contribution in [0.3, 0.4) is 0 Å². The Morgan fingerprint density at radius 3 is 2.41 bits per heavy atom. The number of hydrogen-bond donors (Lipinski definition) is 0. The lowest BCUT2D eigenvalue weighted by atomic mass is 10.0. The number of hydrogen-bond acceptors (Lipinski definition) is 5. The smallest absolute Gasteiger partial charge is 0.183 e. The molecule has 5 rings (SSSR count). The number of aromatic nitrogens is 2. The molecule has 0 aliphatic carbocycles. The second-order valence-electron chi connectivity index (χ2n) is 8.53. The van der Waals surface area contributed by atoms with Crippen LogP contribution in [0.15, 0.2) is 75.3 Å². The van der Waals surface area contributed by atoms with Gasteiger partial charge in [0.15, 0.2) is 11.7 Å². The van der Waals surface area contributed by atoms with Crippen LogP contribution >= 0.6 is 0 Å². The van der Waals surface area contributed by atoms with E-state index in [0.29, 0.717) is 0 Å². The number of aryl methyl sites for hydroxylation is 3. The molecule has 0 spiro atoms. The van der Waals surface area contributed by atoms with Crippen LogP contribution in [-0.4, -0.2) is 34.4 Å². The molecule has 2 aromatic heterocycles. The molecule has 3 heterocycles. The molecule has 6 nitrogen and oxygen atoms in total. The zero-order valence-electron chi connectivity index (χ0n) is 20.3. The first-order valence-electron chi connectivity index (χ1n) is 11.7. The van der Waals surface area contributed by atoms with Gasteiger partial charge in [0.25, 0.3) is 0 Å². The van der Waals surface area contributed by atoms with Gasteiger partial charge in [-0.25, -0.2) is 9.98 Å². The quantitative estimate of drug-likeness (QED) is 0.331. The lowest BCUT2D eigenvalue weighted by Gasteiger charge is -2.21. The van der Waals surface area contributed by atoms with E-state index >= 15 is 0 Å². The van der Waals surface area contributed by atoms with Gasteiger partial charge in [0.2, 0.25) is 0 Å². The molecule has 0 bridgehead atoms. The molecule has 34 heavy (non-hydrogen) atoms. The van der Waals surface area contributed by atoms with Crippen LogP contribution in [0, 0.1) is 20.8 Å². The number of anilines is 1. The molecule has 0 saturated heterocycles. The van der Waals surface area contributed by atoms with Crippen LogP contribution < -0.4 is 4.90 Å². The summed E-state index contributed by atoms with van der Waals surface area (Å²) in [6.45, 7) is 12.5. The lowest BCUT2D eigenvalue weighted by molar-refractivity contribution is 0.582. The summed E-state index contributed by atoms with van der Waals surface area (Å²) in [5, 5.41) is 4.84. The summed E-state index contributed by atoms with van der Waals surface area (Å²) in [6, 6.07) is 18.5. The van der Waals surface area contributed by atoms with Crippen molar-refractivity contribution in [2.45, 2.75) is 34.6 Å². The summed E-state index contributed by atoms with van der Waals surface area (Å²) < 4.78 is 7.56. The van der Waals surface area contributed by atoms with E-state index in [2.05, 4.69) is 62.9 Å². The van der Waals surface area contributed by atoms with Crippen LogP contribution in [-0.2, 0) is 0 Å². The van der Waals surface area contributed by atoms with Crippen LogP contribution in [0.2, 0.25) is 0 Å². The average molecular weight is 452 g/mol. The van der Waals surface area contributed by atoms with Crippen molar-refractivity contribution in [1.82, 2.24) is 9.78 Å². The second-order valence-corrected chi connectivity index (χ2v) is 8.53. The van der Waals surface area contributed by atoms with Gasteiger partial charge in [0.05, 0.1) is 23.2 Å². The normalized spacial score (nSPS) is 13.9. The highest BCUT2D eigenvalue weighted by molar-refractivity contribution is 6.51. The summed E-state index contributed by atoms with van der Waals surface area (Å²) in [5.74, 6) is 2.23. The average Bonchev–Trinajstić information content (AvgIpc) is 3.53. The van der Waals surface area contributed by atoms with E-state index in [1.165, 1.54) is 5.69 Å². The maximum absolute atomic E-state index is 5.71. The van der Waals surface area contributed by atoms with E-state index in [1.807, 2.05) is 35.9 Å². The van der Waals surface area contributed by atoms with Crippen molar-refractivity contribution in [1.29, 1.82) is 0 Å². The van der Waals surface area contributed by atoms with Gasteiger partial charge in [-0.05, 0) is 76.1 Å². The summed E-state index contributed by atoms with van der Waals surface area (Å²) in [7, 11) is 0. The van der Waals surface area contributed by atoms with Crippen molar-refractivity contribution >= 4 is 28.7 Å². The Morgan fingerprint density at radius 2 is 1.74 bits per heavy atom. The van der Waals surface area contributed by atoms with Crippen molar-refractivity contribution in [3.63, 3.8) is 0 Å². The molecule has 0 fully saturated rings. The highest BCUT2D eigenvalue weighted by atomic mass is 16.3. The Bertz CT molecular complexity index is 1400. The number of benzene rings is 2. The Morgan fingerprint density at radius 1 is 0.941 bits per heavy atom. The first-order valence-corrected chi connectivity index (χ1v) is 11.7. The Kier molecular flexibility index (Phi) is 5.65. The number of furan rings is 1. The van der Waals surface area contributed by atoms with E-state index < -0.39 is 0 Å². The minimum Gasteiger partial charge on any atom is -0.464 e. The molecule has 0 atom stereocenters. The fourth-order valence-electron chi connectivity index (χ4n) is 4.52. The number of nitrogens with zero attached hydrogens (tertiary/aromatic N) is 5. The molecular formula is C28H29N5O. The SMILES string of the molecule is CCN(CC)c1ccc(/N=C2/C(c3ccccc3C)=Nc3c(-c4ccco4)c(C)nn32)c(C)c1. The van der Waals surface area contributed by atoms with Crippen LogP contribution in [0.4, 0.5) is 17.2 Å². The van der Waals surface area contributed by atoms with Gasteiger partial charge in [0.1, 0.15) is 11.5 Å². The summed E-state index contributed by atoms with van der Waals surface area (Å²) in [5.41, 5.74) is 8.00. The minimum absolute atomic E-state index is 0.726. The van der Waals surface area contributed by atoms with E-state index in [-0.39, 0.29) is 0 Å². The predicted octanol–water partition coefficient (Wildman–Crippen LogP) is 6.63. The Balaban J connectivity index is 1.68. The zero-order valence-corrected chi connectivity index (χ0v) is 20.3. The van der Waals surface area contributed by atoms with E-state index in [4.69, 9.17) is 19.5 Å². The van der Waals surface area contributed by atoms with Crippen LogP contribution in [0.25, 0.3) is 11.3 Å². The monoisotopic (exact) mass is 451 g/mol. The van der Waals surface area contributed by atoms with Crippen molar-refractivity contribution in [3.8, 4) is 11.3 Å². The summed E-state index contributed by atoms with van der Waals surface area (Å²) in [4.78, 5) is 12.5. The molecule has 0 radical (unpaired) electrons. The number of rotatable bonds is 6. The maximum atomic E-state index is 5.71. The van der Waals surface area contributed by atoms with Gasteiger partial charge < -0.3 is 9.32 Å². The molecule has 1 aliphatic heterocycles. The molecule has 0 amide bonds. The molecule has 172 valence electrons. The van der Waals surface area contributed by atoms with Crippen molar-refractivity contribution < 1.29 is 4.42 Å². The first-order chi connectivity index (χ1) is 16.5. The molecule has 6 heteroatoms. The minimum atomic E-state index is 0.726. The highest BCUT2D eigenvalue weighted by Crippen LogP contribution is 2.38. The highest BCUT2D eigenvalue weighted by Gasteiger charge is 2.31. The fourth-order valence-corrected chi connectivity index (χ4v) is 4.52. The summed E-state index contributed by atoms with van der Waals surface area (Å²) >= 11 is 0. The standard InChI is InChI=1S/C28H29N5O/c1-6-32(7-2)21-14-15-23(19(4)17-21)29-28-26(22-12-9-8-11-18(22)3)30-27-25(20(5)31-33(27)28)24-13-10-16-34-24/h8-17H,6-7H2,1-5H3/b29-28-. The zero-order chi connectivity index (χ0) is 23.8. The van der Waals surface area contributed by atoms with E-state index in [0.717, 1.165) is 69.9 Å². The van der Waals surface area contributed by atoms with E-state index in [9.17, 15) is 0 Å². The molecule has 0 unspecified atom stereocenters.